The average Bonchev–Trinajstić information content (AvgIpc) is 2.72. The first kappa shape index (κ1) is 11.4. The summed E-state index contributed by atoms with van der Waals surface area (Å²) in [4.78, 5) is 36.4. The maximum Gasteiger partial charge on any atom is 0.410 e. The molecule has 2 heterocycles. The number of carbonyl (C=O) groups is 3. The number of rotatable bonds is 4. The molecule has 0 saturated carbocycles. The molecule has 2 fully saturated rings. The summed E-state index contributed by atoms with van der Waals surface area (Å²) in [6, 6.07) is -0.937. The van der Waals surface area contributed by atoms with Crippen molar-refractivity contribution in [3.8, 4) is 0 Å². The van der Waals surface area contributed by atoms with Crippen LogP contribution in [0, 0.1) is 0 Å². The summed E-state index contributed by atoms with van der Waals surface area (Å²) in [6.07, 6.45) is 3.06. The smallest absolute Gasteiger partial charge is 0.410 e. The first-order chi connectivity index (χ1) is 8.20. The third-order valence-electron chi connectivity index (χ3n) is 2.93. The lowest BCUT2D eigenvalue weighted by molar-refractivity contribution is -0.154. The maximum atomic E-state index is 11.8. The van der Waals surface area contributed by atoms with Crippen LogP contribution in [0.25, 0.3) is 0 Å². The van der Waals surface area contributed by atoms with Crippen LogP contribution in [0.15, 0.2) is 12.3 Å². The largest absolute Gasteiger partial charge is 0.448 e. The van der Waals surface area contributed by atoms with Crippen LogP contribution in [0.4, 0.5) is 4.79 Å². The molecular weight excluding hydrogens is 226 g/mol. The molecule has 7 heteroatoms. The predicted octanol–water partition coefficient (Wildman–Crippen LogP) is -1.31. The van der Waals surface area contributed by atoms with Gasteiger partial charge in [0.05, 0.1) is 19.1 Å². The molecule has 2 aliphatic rings. The lowest BCUT2D eigenvalue weighted by Crippen LogP contribution is -2.70. The molecule has 0 aromatic heterocycles. The van der Waals surface area contributed by atoms with Gasteiger partial charge >= 0.3 is 6.09 Å². The van der Waals surface area contributed by atoms with Gasteiger partial charge in [0.2, 0.25) is 5.91 Å². The van der Waals surface area contributed by atoms with Gasteiger partial charge in [0.15, 0.2) is 0 Å². The highest BCUT2D eigenvalue weighted by Crippen LogP contribution is 2.27. The Kier molecular flexibility index (Phi) is 2.99. The normalized spacial score (nSPS) is 28.5. The monoisotopic (exact) mass is 239 g/mol. The van der Waals surface area contributed by atoms with E-state index in [1.807, 2.05) is 0 Å². The summed E-state index contributed by atoms with van der Waals surface area (Å²) in [5, 5.41) is 0. The molecule has 92 valence electrons. The van der Waals surface area contributed by atoms with E-state index in [-0.39, 0.29) is 25.1 Å². The number of hydrogen-bond acceptors (Lipinski definition) is 5. The Bertz CT molecular complexity index is 382. The molecule has 7 nitrogen and oxygen atoms in total. The average molecular weight is 239 g/mol. The van der Waals surface area contributed by atoms with E-state index in [0.29, 0.717) is 12.8 Å². The second kappa shape index (κ2) is 4.44. The van der Waals surface area contributed by atoms with E-state index in [9.17, 15) is 14.4 Å². The molecule has 0 aliphatic carbocycles. The fourth-order valence-electron chi connectivity index (χ4n) is 2.14. The molecule has 2 saturated heterocycles. The molecule has 0 aromatic carbocycles. The van der Waals surface area contributed by atoms with Gasteiger partial charge < -0.3 is 20.2 Å². The summed E-state index contributed by atoms with van der Waals surface area (Å²) in [5.74, 6) is -0.251. The highest BCUT2D eigenvalue weighted by Gasteiger charge is 2.51. The quantitative estimate of drug-likeness (QED) is 0.485. The van der Waals surface area contributed by atoms with Crippen molar-refractivity contribution in [3.05, 3.63) is 12.3 Å². The SMILES string of the molecule is N/C=C/[C@@H]1[C@H](N2CCOC2=O)C(=O)N1CC=O. The summed E-state index contributed by atoms with van der Waals surface area (Å²) >= 11 is 0. The molecule has 0 radical (unpaired) electrons. The molecule has 2 amide bonds. The van der Waals surface area contributed by atoms with E-state index < -0.39 is 12.1 Å². The molecular formula is C10H13N3O4. The minimum absolute atomic E-state index is 0.00717. The van der Waals surface area contributed by atoms with Gasteiger partial charge in [0.25, 0.3) is 0 Å². The van der Waals surface area contributed by atoms with Gasteiger partial charge in [-0.3, -0.25) is 9.69 Å². The van der Waals surface area contributed by atoms with Crippen LogP contribution in [0.3, 0.4) is 0 Å². The molecule has 2 N–H and O–H groups in total. The highest BCUT2D eigenvalue weighted by molar-refractivity contribution is 5.94. The van der Waals surface area contributed by atoms with Crippen molar-refractivity contribution < 1.29 is 19.1 Å². The number of nitrogens with two attached hydrogens (primary N) is 1. The molecule has 0 bridgehead atoms. The van der Waals surface area contributed by atoms with Gasteiger partial charge in [-0.15, -0.1) is 0 Å². The zero-order valence-corrected chi connectivity index (χ0v) is 9.11. The Morgan fingerprint density at radius 2 is 2.24 bits per heavy atom. The Morgan fingerprint density at radius 1 is 1.47 bits per heavy atom. The van der Waals surface area contributed by atoms with E-state index in [2.05, 4.69) is 0 Å². The first-order valence-electron chi connectivity index (χ1n) is 5.26. The van der Waals surface area contributed by atoms with E-state index in [1.54, 1.807) is 6.08 Å². The van der Waals surface area contributed by atoms with Crippen molar-refractivity contribution in [2.24, 2.45) is 5.73 Å². The van der Waals surface area contributed by atoms with Gasteiger partial charge in [-0.1, -0.05) is 0 Å². The van der Waals surface area contributed by atoms with Crippen molar-refractivity contribution >= 4 is 18.3 Å². The maximum absolute atomic E-state index is 11.8. The van der Waals surface area contributed by atoms with E-state index in [1.165, 1.54) is 16.0 Å². The molecule has 2 rings (SSSR count). The standard InChI is InChI=1S/C10H13N3O4/c11-2-1-7-8(9(15)12(7)3-5-14)13-4-6-17-10(13)16/h1-2,5,7-8H,3-4,6,11H2/b2-1+/t7-,8+/m1/s1. The van der Waals surface area contributed by atoms with Crippen LogP contribution < -0.4 is 5.73 Å². The number of nitrogens with zero attached hydrogens (tertiary/aromatic N) is 2. The van der Waals surface area contributed by atoms with Crippen molar-refractivity contribution in [2.75, 3.05) is 19.7 Å². The van der Waals surface area contributed by atoms with Crippen molar-refractivity contribution in [1.82, 2.24) is 9.80 Å². The third-order valence-corrected chi connectivity index (χ3v) is 2.93. The fraction of sp³-hybridized carbons (Fsp3) is 0.500. The van der Waals surface area contributed by atoms with Crippen molar-refractivity contribution in [2.45, 2.75) is 12.1 Å². The highest BCUT2D eigenvalue weighted by atomic mass is 16.6. The summed E-state index contributed by atoms with van der Waals surface area (Å²) in [7, 11) is 0. The minimum atomic E-state index is -0.593. The first-order valence-corrected chi connectivity index (χ1v) is 5.26. The van der Waals surface area contributed by atoms with Crippen LogP contribution in [0.5, 0.6) is 0 Å². The van der Waals surface area contributed by atoms with Gasteiger partial charge in [-0.2, -0.15) is 0 Å². The molecule has 2 atom stereocenters. The lowest BCUT2D eigenvalue weighted by Gasteiger charge is -2.47. The Morgan fingerprint density at radius 3 is 2.76 bits per heavy atom. The van der Waals surface area contributed by atoms with Crippen LogP contribution in [0.1, 0.15) is 0 Å². The summed E-state index contributed by atoms with van der Waals surface area (Å²) < 4.78 is 4.78. The second-order valence-corrected chi connectivity index (χ2v) is 3.79. The van der Waals surface area contributed by atoms with Gasteiger partial charge in [-0.25, -0.2) is 4.79 Å². The molecule has 0 spiro atoms. The molecule has 17 heavy (non-hydrogen) atoms. The molecule has 0 unspecified atom stereocenters. The zero-order chi connectivity index (χ0) is 12.4. The number of amides is 2. The van der Waals surface area contributed by atoms with Crippen LogP contribution in [-0.2, 0) is 14.3 Å². The van der Waals surface area contributed by atoms with E-state index >= 15 is 0 Å². The lowest BCUT2D eigenvalue weighted by atomic mass is 9.93. The van der Waals surface area contributed by atoms with Crippen LogP contribution in [-0.4, -0.2) is 59.9 Å². The summed E-state index contributed by atoms with van der Waals surface area (Å²) in [6.45, 7) is 0.682. The van der Waals surface area contributed by atoms with E-state index in [4.69, 9.17) is 10.5 Å². The van der Waals surface area contributed by atoms with Gasteiger partial charge in [-0.05, 0) is 12.3 Å². The number of hydrogen-bond donors (Lipinski definition) is 1. The number of β-lactam (4-membered cyclic amide) rings is 1. The number of aldehydes is 1. The third kappa shape index (κ3) is 1.73. The Balaban J connectivity index is 2.14. The topological polar surface area (TPSA) is 92.9 Å². The van der Waals surface area contributed by atoms with Crippen molar-refractivity contribution in [1.29, 1.82) is 0 Å². The van der Waals surface area contributed by atoms with Crippen molar-refractivity contribution in [3.63, 3.8) is 0 Å². The predicted molar refractivity (Wildman–Crippen MR) is 56.7 cm³/mol. The molecule has 0 aromatic rings. The number of carbonyl (C=O) groups excluding carboxylic acids is 3. The van der Waals surface area contributed by atoms with Gasteiger partial charge in [0, 0.05) is 0 Å². The number of likely N-dealkylation sites (tertiary alicyclic amines) is 1. The van der Waals surface area contributed by atoms with Crippen LogP contribution in [0.2, 0.25) is 0 Å². The Hall–Kier alpha value is -2.05. The second-order valence-electron chi connectivity index (χ2n) is 3.79. The number of cyclic esters (lactones) is 1. The minimum Gasteiger partial charge on any atom is -0.448 e. The van der Waals surface area contributed by atoms with E-state index in [0.717, 1.165) is 0 Å². The fourth-order valence-corrected chi connectivity index (χ4v) is 2.14. The molecule has 2 aliphatic heterocycles. The van der Waals surface area contributed by atoms with Gasteiger partial charge in [0.1, 0.15) is 18.9 Å². The summed E-state index contributed by atoms with van der Waals surface area (Å²) in [5.41, 5.74) is 5.30. The zero-order valence-electron chi connectivity index (χ0n) is 9.11. The Labute approximate surface area is 97.8 Å². The number of ether oxygens (including phenoxy) is 1. The van der Waals surface area contributed by atoms with Crippen LogP contribution >= 0.6 is 0 Å².